The van der Waals surface area contributed by atoms with Gasteiger partial charge in [0, 0.05) is 5.92 Å². The molecule has 0 unspecified atom stereocenters. The number of rotatable bonds is 3. The molecule has 0 aliphatic carbocycles. The number of hydrogen-bond acceptors (Lipinski definition) is 3. The van der Waals surface area contributed by atoms with Crippen LogP contribution in [0.15, 0.2) is 5.18 Å². The molecule has 0 saturated carbocycles. The fourth-order valence-electron chi connectivity index (χ4n) is 0.270. The first-order valence-electron chi connectivity index (χ1n) is 2.65. The topological polar surface area (TPSA) is 49.7 Å². The monoisotopic (exact) mass is 117 g/mol. The van der Waals surface area contributed by atoms with Crippen LogP contribution in [0.2, 0.25) is 0 Å². The minimum atomic E-state index is -0.423. The third-order valence-electron chi connectivity index (χ3n) is 1.19. The molecule has 0 amide bonds. The van der Waals surface area contributed by atoms with Crippen molar-refractivity contribution >= 4 is 0 Å². The molecule has 3 nitrogen and oxygen atoms in total. The zero-order valence-electron chi connectivity index (χ0n) is 5.16. The predicted octanol–water partition coefficient (Wildman–Crippen LogP) is 0.770. The van der Waals surface area contributed by atoms with Crippen molar-refractivity contribution in [3.05, 3.63) is 4.91 Å². The smallest absolute Gasteiger partial charge is 0.0861 e. The van der Waals surface area contributed by atoms with Gasteiger partial charge in [-0.25, -0.2) is 0 Å². The summed E-state index contributed by atoms with van der Waals surface area (Å²) in [5, 5.41) is 11.4. The Morgan fingerprint density at radius 1 is 1.62 bits per heavy atom. The second-order valence-electron chi connectivity index (χ2n) is 2.03. The number of nitrogens with zero attached hydrogens (tertiary/aromatic N) is 1. The molecule has 8 heavy (non-hydrogen) atoms. The number of nitroso groups, excluding NO2 is 1. The highest BCUT2D eigenvalue weighted by Gasteiger charge is 2.06. The third-order valence-corrected chi connectivity index (χ3v) is 1.19. The Balaban J connectivity index is 3.30. The first kappa shape index (κ1) is 7.56. The molecule has 0 aliphatic rings. The molecule has 2 atom stereocenters. The standard InChI is InChI=1S/C5H11NO2/c1-4(3-6-8)5(2)7/h4-5,7H,3H2,1-2H3/t4-,5-/m1/s1. The summed E-state index contributed by atoms with van der Waals surface area (Å²) in [5.41, 5.74) is 0. The Kier molecular flexibility index (Phi) is 3.35. The lowest BCUT2D eigenvalue weighted by atomic mass is 10.1. The molecule has 0 heterocycles. The van der Waals surface area contributed by atoms with Crippen molar-refractivity contribution in [2.24, 2.45) is 11.1 Å². The molecule has 0 aromatic heterocycles. The normalized spacial score (nSPS) is 17.4. The van der Waals surface area contributed by atoms with Gasteiger partial charge < -0.3 is 5.11 Å². The van der Waals surface area contributed by atoms with Crippen molar-refractivity contribution in [3.63, 3.8) is 0 Å². The summed E-state index contributed by atoms with van der Waals surface area (Å²) in [4.78, 5) is 9.56. The SMILES string of the molecule is C[C@H](CN=O)[C@@H](C)O. The largest absolute Gasteiger partial charge is 0.393 e. The third kappa shape index (κ3) is 2.69. The van der Waals surface area contributed by atoms with Crippen molar-refractivity contribution in [3.8, 4) is 0 Å². The lowest BCUT2D eigenvalue weighted by Crippen LogP contribution is -2.15. The van der Waals surface area contributed by atoms with Crippen molar-refractivity contribution in [2.75, 3.05) is 6.54 Å². The molecule has 0 radical (unpaired) electrons. The van der Waals surface area contributed by atoms with E-state index in [4.69, 9.17) is 5.11 Å². The van der Waals surface area contributed by atoms with Crippen LogP contribution in [-0.4, -0.2) is 17.8 Å². The van der Waals surface area contributed by atoms with Crippen LogP contribution in [0.1, 0.15) is 13.8 Å². The first-order chi connectivity index (χ1) is 3.68. The van der Waals surface area contributed by atoms with E-state index in [1.807, 2.05) is 0 Å². The molecule has 1 N–H and O–H groups in total. The van der Waals surface area contributed by atoms with E-state index >= 15 is 0 Å². The summed E-state index contributed by atoms with van der Waals surface area (Å²) >= 11 is 0. The highest BCUT2D eigenvalue weighted by molar-refractivity contribution is 4.60. The molecule has 0 spiro atoms. The molecule has 0 saturated heterocycles. The molecule has 0 aliphatic heterocycles. The Morgan fingerprint density at radius 2 is 2.12 bits per heavy atom. The van der Waals surface area contributed by atoms with Gasteiger partial charge >= 0.3 is 0 Å². The molecular formula is C5H11NO2. The molecule has 0 aromatic carbocycles. The zero-order chi connectivity index (χ0) is 6.57. The maximum absolute atomic E-state index is 9.56. The number of hydrogen-bond donors (Lipinski definition) is 1. The minimum Gasteiger partial charge on any atom is -0.393 e. The fraction of sp³-hybridized carbons (Fsp3) is 1.00. The summed E-state index contributed by atoms with van der Waals surface area (Å²) in [6, 6.07) is 0. The van der Waals surface area contributed by atoms with E-state index < -0.39 is 6.10 Å². The molecule has 0 aromatic rings. The van der Waals surface area contributed by atoms with Crippen LogP contribution in [0.25, 0.3) is 0 Å². The predicted molar refractivity (Wildman–Crippen MR) is 31.5 cm³/mol. The van der Waals surface area contributed by atoms with Gasteiger partial charge in [0.05, 0.1) is 12.6 Å². The van der Waals surface area contributed by atoms with E-state index in [0.717, 1.165) is 0 Å². The Labute approximate surface area is 48.7 Å². The van der Waals surface area contributed by atoms with E-state index in [1.165, 1.54) is 0 Å². The molecule has 48 valence electrons. The molecular weight excluding hydrogens is 106 g/mol. The maximum Gasteiger partial charge on any atom is 0.0861 e. The van der Waals surface area contributed by atoms with Gasteiger partial charge in [0.1, 0.15) is 0 Å². The van der Waals surface area contributed by atoms with Gasteiger partial charge in [-0.05, 0) is 6.92 Å². The Morgan fingerprint density at radius 3 is 2.25 bits per heavy atom. The molecule has 0 bridgehead atoms. The summed E-state index contributed by atoms with van der Waals surface area (Å²) < 4.78 is 0. The van der Waals surface area contributed by atoms with Gasteiger partial charge in [0.15, 0.2) is 0 Å². The van der Waals surface area contributed by atoms with Crippen LogP contribution in [0, 0.1) is 10.8 Å². The van der Waals surface area contributed by atoms with Gasteiger partial charge in [-0.3, -0.25) is 0 Å². The van der Waals surface area contributed by atoms with E-state index in [0.29, 0.717) is 0 Å². The second-order valence-corrected chi connectivity index (χ2v) is 2.03. The Bertz CT molecular complexity index is 72.8. The van der Waals surface area contributed by atoms with Crippen molar-refractivity contribution < 1.29 is 5.11 Å². The molecule has 0 fully saturated rings. The average Bonchev–Trinajstić information content (AvgIpc) is 1.67. The first-order valence-corrected chi connectivity index (χ1v) is 2.65. The summed E-state index contributed by atoms with van der Waals surface area (Å²) in [5.74, 6) is -0.00694. The van der Waals surface area contributed by atoms with Crippen molar-refractivity contribution in [2.45, 2.75) is 20.0 Å². The fourth-order valence-corrected chi connectivity index (χ4v) is 0.270. The van der Waals surface area contributed by atoms with Crippen LogP contribution in [0.3, 0.4) is 0 Å². The Hall–Kier alpha value is -0.440. The lowest BCUT2D eigenvalue weighted by molar-refractivity contribution is 0.139. The lowest BCUT2D eigenvalue weighted by Gasteiger charge is -2.07. The number of aliphatic hydroxyl groups excluding tert-OH is 1. The quantitative estimate of drug-likeness (QED) is 0.555. The summed E-state index contributed by atoms with van der Waals surface area (Å²) in [7, 11) is 0. The van der Waals surface area contributed by atoms with Gasteiger partial charge in [-0.1, -0.05) is 12.1 Å². The highest BCUT2D eigenvalue weighted by Crippen LogP contribution is 2.00. The molecule has 0 rings (SSSR count). The van der Waals surface area contributed by atoms with Crippen LogP contribution in [0.4, 0.5) is 0 Å². The summed E-state index contributed by atoms with van der Waals surface area (Å²) in [6.45, 7) is 3.64. The van der Waals surface area contributed by atoms with E-state index in [9.17, 15) is 4.91 Å². The van der Waals surface area contributed by atoms with Gasteiger partial charge in [0.2, 0.25) is 0 Å². The summed E-state index contributed by atoms with van der Waals surface area (Å²) in [6.07, 6.45) is -0.423. The van der Waals surface area contributed by atoms with E-state index in [-0.39, 0.29) is 12.5 Å². The van der Waals surface area contributed by atoms with Crippen LogP contribution in [0.5, 0.6) is 0 Å². The second kappa shape index (κ2) is 3.55. The van der Waals surface area contributed by atoms with E-state index in [2.05, 4.69) is 5.18 Å². The maximum atomic E-state index is 9.56. The van der Waals surface area contributed by atoms with Gasteiger partial charge in [-0.2, -0.15) is 4.91 Å². The average molecular weight is 117 g/mol. The zero-order valence-corrected chi connectivity index (χ0v) is 5.16. The van der Waals surface area contributed by atoms with Crippen LogP contribution in [-0.2, 0) is 0 Å². The highest BCUT2D eigenvalue weighted by atomic mass is 16.3. The van der Waals surface area contributed by atoms with Crippen molar-refractivity contribution in [1.29, 1.82) is 0 Å². The minimum absolute atomic E-state index is 0.00694. The van der Waals surface area contributed by atoms with Gasteiger partial charge in [0.25, 0.3) is 0 Å². The van der Waals surface area contributed by atoms with Crippen LogP contribution < -0.4 is 0 Å². The van der Waals surface area contributed by atoms with E-state index in [1.54, 1.807) is 13.8 Å². The molecule has 3 heteroatoms. The van der Waals surface area contributed by atoms with Gasteiger partial charge in [-0.15, -0.1) is 0 Å². The van der Waals surface area contributed by atoms with Crippen molar-refractivity contribution in [1.82, 2.24) is 0 Å². The number of aliphatic hydroxyl groups is 1. The van der Waals surface area contributed by atoms with Crippen LogP contribution >= 0.6 is 0 Å².